The molecule has 0 aliphatic carbocycles. The smallest absolute Gasteiger partial charge is 0.248 e. The summed E-state index contributed by atoms with van der Waals surface area (Å²) in [5.41, 5.74) is 1.16. The number of methoxy groups -OCH3 is 1. The normalized spacial score (nSPS) is 10.2. The van der Waals surface area contributed by atoms with Gasteiger partial charge in [-0.05, 0) is 12.0 Å². The van der Waals surface area contributed by atoms with Crippen LogP contribution in [-0.2, 0) is 16.1 Å². The predicted octanol–water partition coefficient (Wildman–Crippen LogP) is 2.46. The van der Waals surface area contributed by atoms with Crippen LogP contribution in [0.2, 0.25) is 0 Å². The van der Waals surface area contributed by atoms with Crippen LogP contribution in [0, 0.1) is 0 Å². The number of hydrogen-bond acceptors (Lipinski definition) is 2. The van der Waals surface area contributed by atoms with Crippen molar-refractivity contribution in [3.05, 3.63) is 35.9 Å². The number of ether oxygens (including phenoxy) is 1. The Hall–Kier alpha value is -1.35. The molecule has 94 valence electrons. The zero-order valence-electron chi connectivity index (χ0n) is 10.7. The fourth-order valence-electron chi connectivity index (χ4n) is 1.66. The molecule has 0 atom stereocenters. The number of unbranched alkanes of at least 4 members (excludes halogenated alkanes) is 1. The van der Waals surface area contributed by atoms with Gasteiger partial charge in [-0.15, -0.1) is 0 Å². The van der Waals surface area contributed by atoms with Crippen molar-refractivity contribution in [2.24, 2.45) is 0 Å². The van der Waals surface area contributed by atoms with E-state index in [-0.39, 0.29) is 12.5 Å². The Bertz CT molecular complexity index is 324. The molecule has 1 amide bonds. The van der Waals surface area contributed by atoms with Crippen molar-refractivity contribution in [2.45, 2.75) is 26.3 Å². The fourth-order valence-corrected chi connectivity index (χ4v) is 1.66. The van der Waals surface area contributed by atoms with Crippen molar-refractivity contribution in [3.8, 4) is 0 Å². The standard InChI is InChI=1S/C14H21NO2/c1-3-4-10-15(14(16)12-17-2)11-13-8-6-5-7-9-13/h5-9H,3-4,10-12H2,1-2H3. The highest BCUT2D eigenvalue weighted by molar-refractivity contribution is 5.77. The van der Waals surface area contributed by atoms with Crippen LogP contribution >= 0.6 is 0 Å². The molecule has 0 unspecified atom stereocenters. The van der Waals surface area contributed by atoms with Gasteiger partial charge in [-0.1, -0.05) is 43.7 Å². The average Bonchev–Trinajstić information content (AvgIpc) is 2.36. The molecule has 0 aliphatic heterocycles. The third kappa shape index (κ3) is 5.00. The molecule has 0 fully saturated rings. The Kier molecular flexibility index (Phi) is 6.33. The monoisotopic (exact) mass is 235 g/mol. The van der Waals surface area contributed by atoms with E-state index in [0.717, 1.165) is 24.9 Å². The summed E-state index contributed by atoms with van der Waals surface area (Å²) >= 11 is 0. The summed E-state index contributed by atoms with van der Waals surface area (Å²) in [6.45, 7) is 3.76. The Morgan fingerprint density at radius 2 is 2.00 bits per heavy atom. The first-order valence-corrected chi connectivity index (χ1v) is 6.08. The van der Waals surface area contributed by atoms with Crippen molar-refractivity contribution in [1.29, 1.82) is 0 Å². The molecule has 1 aromatic carbocycles. The topological polar surface area (TPSA) is 29.5 Å². The molecule has 0 aliphatic rings. The van der Waals surface area contributed by atoms with Crippen molar-refractivity contribution >= 4 is 5.91 Å². The molecule has 0 saturated heterocycles. The number of nitrogens with zero attached hydrogens (tertiary/aromatic N) is 1. The molecule has 3 nitrogen and oxygen atoms in total. The van der Waals surface area contributed by atoms with E-state index < -0.39 is 0 Å². The first-order valence-electron chi connectivity index (χ1n) is 6.08. The van der Waals surface area contributed by atoms with E-state index in [1.54, 1.807) is 7.11 Å². The van der Waals surface area contributed by atoms with Gasteiger partial charge in [-0.2, -0.15) is 0 Å². The van der Waals surface area contributed by atoms with Crippen molar-refractivity contribution in [3.63, 3.8) is 0 Å². The molecule has 0 N–H and O–H groups in total. The van der Waals surface area contributed by atoms with E-state index in [1.807, 2.05) is 35.2 Å². The first kappa shape index (κ1) is 13.7. The third-order valence-corrected chi connectivity index (χ3v) is 2.62. The van der Waals surface area contributed by atoms with Gasteiger partial charge in [-0.3, -0.25) is 4.79 Å². The third-order valence-electron chi connectivity index (χ3n) is 2.62. The molecule has 0 aromatic heterocycles. The van der Waals surface area contributed by atoms with Crippen LogP contribution in [0.15, 0.2) is 30.3 Å². The Morgan fingerprint density at radius 1 is 1.29 bits per heavy atom. The number of carbonyl (C=O) groups is 1. The summed E-state index contributed by atoms with van der Waals surface area (Å²) < 4.78 is 4.91. The van der Waals surface area contributed by atoms with Gasteiger partial charge in [0.15, 0.2) is 0 Å². The summed E-state index contributed by atoms with van der Waals surface area (Å²) in [7, 11) is 1.55. The van der Waals surface area contributed by atoms with E-state index in [2.05, 4.69) is 6.92 Å². The molecular weight excluding hydrogens is 214 g/mol. The molecule has 1 aromatic rings. The van der Waals surface area contributed by atoms with Crippen LogP contribution < -0.4 is 0 Å². The number of hydrogen-bond donors (Lipinski definition) is 0. The average molecular weight is 235 g/mol. The molecule has 0 heterocycles. The number of rotatable bonds is 7. The summed E-state index contributed by atoms with van der Waals surface area (Å²) in [5, 5.41) is 0. The first-order chi connectivity index (χ1) is 8.27. The second-order valence-corrected chi connectivity index (χ2v) is 4.09. The minimum atomic E-state index is 0.0600. The van der Waals surface area contributed by atoms with Gasteiger partial charge in [0, 0.05) is 20.2 Å². The maximum Gasteiger partial charge on any atom is 0.248 e. The summed E-state index contributed by atoms with van der Waals surface area (Å²) in [4.78, 5) is 13.7. The minimum absolute atomic E-state index is 0.0600. The number of amides is 1. The maximum atomic E-state index is 11.9. The molecule has 3 heteroatoms. The van der Waals surface area contributed by atoms with Gasteiger partial charge < -0.3 is 9.64 Å². The van der Waals surface area contributed by atoms with E-state index in [0.29, 0.717) is 6.54 Å². The molecule has 1 rings (SSSR count). The zero-order chi connectivity index (χ0) is 12.5. The van der Waals surface area contributed by atoms with Crippen molar-refractivity contribution in [1.82, 2.24) is 4.90 Å². The second-order valence-electron chi connectivity index (χ2n) is 4.09. The lowest BCUT2D eigenvalue weighted by Crippen LogP contribution is -2.34. The van der Waals surface area contributed by atoms with Crippen LogP contribution in [0.3, 0.4) is 0 Å². The molecule has 0 saturated carbocycles. The SMILES string of the molecule is CCCCN(Cc1ccccc1)C(=O)COC. The minimum Gasteiger partial charge on any atom is -0.375 e. The fraction of sp³-hybridized carbons (Fsp3) is 0.500. The quantitative estimate of drug-likeness (QED) is 0.726. The Balaban J connectivity index is 2.59. The number of carbonyl (C=O) groups excluding carboxylic acids is 1. The lowest BCUT2D eigenvalue weighted by atomic mass is 10.2. The van der Waals surface area contributed by atoms with Crippen LogP contribution in [0.4, 0.5) is 0 Å². The van der Waals surface area contributed by atoms with E-state index in [9.17, 15) is 4.79 Å². The summed E-state index contributed by atoms with van der Waals surface area (Å²) in [6.07, 6.45) is 2.12. The van der Waals surface area contributed by atoms with Crippen LogP contribution in [0.5, 0.6) is 0 Å². The Morgan fingerprint density at radius 3 is 2.59 bits per heavy atom. The molecule has 0 spiro atoms. The largest absolute Gasteiger partial charge is 0.375 e. The lowest BCUT2D eigenvalue weighted by Gasteiger charge is -2.22. The van der Waals surface area contributed by atoms with E-state index in [1.165, 1.54) is 0 Å². The maximum absolute atomic E-state index is 11.9. The van der Waals surface area contributed by atoms with Crippen LogP contribution in [-0.4, -0.2) is 31.1 Å². The van der Waals surface area contributed by atoms with Crippen LogP contribution in [0.25, 0.3) is 0 Å². The summed E-state index contributed by atoms with van der Waals surface area (Å²) in [5.74, 6) is 0.0600. The second kappa shape index (κ2) is 7.85. The van der Waals surface area contributed by atoms with Crippen molar-refractivity contribution in [2.75, 3.05) is 20.3 Å². The van der Waals surface area contributed by atoms with Gasteiger partial charge in [-0.25, -0.2) is 0 Å². The lowest BCUT2D eigenvalue weighted by molar-refractivity contribution is -0.135. The zero-order valence-corrected chi connectivity index (χ0v) is 10.7. The highest BCUT2D eigenvalue weighted by Gasteiger charge is 2.12. The van der Waals surface area contributed by atoms with Gasteiger partial charge in [0.25, 0.3) is 0 Å². The highest BCUT2D eigenvalue weighted by atomic mass is 16.5. The van der Waals surface area contributed by atoms with Gasteiger partial charge in [0.05, 0.1) is 0 Å². The Labute approximate surface area is 103 Å². The summed E-state index contributed by atoms with van der Waals surface area (Å²) in [6, 6.07) is 10.1. The number of benzene rings is 1. The van der Waals surface area contributed by atoms with Crippen LogP contribution in [0.1, 0.15) is 25.3 Å². The van der Waals surface area contributed by atoms with Gasteiger partial charge >= 0.3 is 0 Å². The molecule has 0 bridgehead atoms. The van der Waals surface area contributed by atoms with E-state index >= 15 is 0 Å². The predicted molar refractivity (Wildman–Crippen MR) is 68.6 cm³/mol. The molecule has 17 heavy (non-hydrogen) atoms. The highest BCUT2D eigenvalue weighted by Crippen LogP contribution is 2.06. The van der Waals surface area contributed by atoms with Gasteiger partial charge in [0.2, 0.25) is 5.91 Å². The van der Waals surface area contributed by atoms with Gasteiger partial charge in [0.1, 0.15) is 6.61 Å². The molecule has 0 radical (unpaired) electrons. The van der Waals surface area contributed by atoms with E-state index in [4.69, 9.17) is 4.74 Å². The van der Waals surface area contributed by atoms with Crippen molar-refractivity contribution < 1.29 is 9.53 Å². The molecular formula is C14H21NO2.